The predicted octanol–water partition coefficient (Wildman–Crippen LogP) is 6.47. The summed E-state index contributed by atoms with van der Waals surface area (Å²) in [6.45, 7) is 3.02. The summed E-state index contributed by atoms with van der Waals surface area (Å²) < 4.78 is 7.10. The van der Waals surface area contributed by atoms with Crippen molar-refractivity contribution in [2.24, 2.45) is 0 Å². The van der Waals surface area contributed by atoms with Gasteiger partial charge >= 0.3 is 0 Å². The van der Waals surface area contributed by atoms with Gasteiger partial charge in [-0.3, -0.25) is 10.1 Å². The van der Waals surface area contributed by atoms with E-state index in [1.807, 2.05) is 24.3 Å². The Balaban J connectivity index is 1.49. The summed E-state index contributed by atoms with van der Waals surface area (Å²) in [5.41, 5.74) is 1.60. The van der Waals surface area contributed by atoms with E-state index in [0.717, 1.165) is 52.1 Å². The van der Waals surface area contributed by atoms with Gasteiger partial charge in [-0.25, -0.2) is 0 Å². The van der Waals surface area contributed by atoms with Gasteiger partial charge in [0.15, 0.2) is 11.5 Å². The zero-order chi connectivity index (χ0) is 23.7. The number of benzene rings is 3. The lowest BCUT2D eigenvalue weighted by Crippen LogP contribution is -2.46. The molecule has 1 unspecified atom stereocenters. The fraction of sp³-hybridized carbons (Fsp3) is 0.250. The molecule has 0 saturated carbocycles. The number of phenolic OH excluding ortho intramolecular Hbond substituents is 2. The first-order valence-electron chi connectivity index (χ1n) is 11.6. The summed E-state index contributed by atoms with van der Waals surface area (Å²) in [6.07, 6.45) is 4.43. The van der Waals surface area contributed by atoms with E-state index in [2.05, 4.69) is 12.2 Å². The van der Waals surface area contributed by atoms with Crippen LogP contribution in [0.25, 0.3) is 20.5 Å². The highest BCUT2D eigenvalue weighted by Gasteiger charge is 2.27. The number of hydrogen-bond donors (Lipinski definition) is 3. The lowest BCUT2D eigenvalue weighted by Gasteiger charge is -2.30. The Morgan fingerprint density at radius 1 is 0.941 bits per heavy atom. The second kappa shape index (κ2) is 9.12. The smallest absolute Gasteiger partial charge is 0.195 e. The van der Waals surface area contributed by atoms with Gasteiger partial charge in [0.1, 0.15) is 17.2 Å². The molecule has 0 amide bonds. The number of phenols is 2. The molecule has 1 aliphatic heterocycles. The molecule has 0 bridgehead atoms. The van der Waals surface area contributed by atoms with Gasteiger partial charge in [0.05, 0.1) is 0 Å². The van der Waals surface area contributed by atoms with Crippen LogP contribution in [0.15, 0.2) is 66.7 Å². The third-order valence-electron chi connectivity index (χ3n) is 6.32. The minimum atomic E-state index is -0.403. The maximum Gasteiger partial charge on any atom is 0.195 e. The van der Waals surface area contributed by atoms with E-state index in [4.69, 9.17) is 4.74 Å². The minimum absolute atomic E-state index is 0.0923. The number of rotatable bonds is 5. The van der Waals surface area contributed by atoms with E-state index in [-0.39, 0.29) is 17.3 Å². The van der Waals surface area contributed by atoms with Crippen LogP contribution < -0.4 is 10.1 Å². The molecule has 0 spiro atoms. The Kier molecular flexibility index (Phi) is 6.02. The first kappa shape index (κ1) is 22.4. The van der Waals surface area contributed by atoms with E-state index >= 15 is 0 Å². The van der Waals surface area contributed by atoms with Crippen molar-refractivity contribution in [2.45, 2.75) is 38.3 Å². The van der Waals surface area contributed by atoms with E-state index < -0.39 is 5.72 Å². The molecule has 1 atom stereocenters. The lowest BCUT2D eigenvalue weighted by molar-refractivity contribution is 0.0480. The first-order chi connectivity index (χ1) is 16.4. The lowest BCUT2D eigenvalue weighted by atomic mass is 9.97. The zero-order valence-corrected chi connectivity index (χ0v) is 19.8. The Labute approximate surface area is 202 Å². The van der Waals surface area contributed by atoms with E-state index in [1.165, 1.54) is 17.8 Å². The topological polar surface area (TPSA) is 78.8 Å². The summed E-state index contributed by atoms with van der Waals surface area (Å²) in [4.78, 5) is 14.5. The number of thiophene rings is 1. The molecule has 1 fully saturated rings. The minimum Gasteiger partial charge on any atom is -0.508 e. The van der Waals surface area contributed by atoms with Gasteiger partial charge in [-0.1, -0.05) is 6.42 Å². The molecule has 5 rings (SSSR count). The molecule has 4 aromatic rings. The summed E-state index contributed by atoms with van der Waals surface area (Å²) in [5, 5.41) is 24.0. The van der Waals surface area contributed by atoms with Crippen LogP contribution in [0.5, 0.6) is 17.2 Å². The Hall–Kier alpha value is -3.35. The van der Waals surface area contributed by atoms with Gasteiger partial charge in [0.2, 0.25) is 0 Å². The second-order valence-electron chi connectivity index (χ2n) is 8.96. The maximum absolute atomic E-state index is 13.7. The van der Waals surface area contributed by atoms with Gasteiger partial charge in [-0.15, -0.1) is 11.3 Å². The van der Waals surface area contributed by atoms with E-state index in [9.17, 15) is 15.0 Å². The number of ether oxygens (including phenoxy) is 1. The van der Waals surface area contributed by atoms with Crippen LogP contribution in [0.3, 0.4) is 0 Å². The molecule has 5 nitrogen and oxygen atoms in total. The normalized spacial score (nSPS) is 18.5. The largest absolute Gasteiger partial charge is 0.508 e. The SMILES string of the molecule is CC1(Oc2ccc(C(=O)c3c(-c4ccc(O)cc4)sc4cc(O)ccc34)cc2)CCCCCN1. The van der Waals surface area contributed by atoms with Crippen LogP contribution in [0, 0.1) is 0 Å². The predicted molar refractivity (Wildman–Crippen MR) is 136 cm³/mol. The zero-order valence-electron chi connectivity index (χ0n) is 19.0. The van der Waals surface area contributed by atoms with Crippen molar-refractivity contribution in [1.29, 1.82) is 0 Å². The highest BCUT2D eigenvalue weighted by molar-refractivity contribution is 7.22. The van der Waals surface area contributed by atoms with Gasteiger partial charge in [0.25, 0.3) is 0 Å². The highest BCUT2D eigenvalue weighted by Crippen LogP contribution is 2.41. The summed E-state index contributed by atoms with van der Waals surface area (Å²) in [5.74, 6) is 0.965. The van der Waals surface area contributed by atoms with Crippen LogP contribution in [0.1, 0.15) is 48.5 Å². The molecule has 2 heterocycles. The number of carbonyl (C=O) groups is 1. The maximum atomic E-state index is 13.7. The fourth-order valence-corrected chi connectivity index (χ4v) is 5.74. The van der Waals surface area contributed by atoms with E-state index in [0.29, 0.717) is 11.1 Å². The number of fused-ring (bicyclic) bond motifs is 1. The Bertz CT molecular complexity index is 1320. The quantitative estimate of drug-likeness (QED) is 0.290. The molecule has 3 N–H and O–H groups in total. The van der Waals surface area contributed by atoms with Crippen molar-refractivity contribution in [1.82, 2.24) is 5.32 Å². The van der Waals surface area contributed by atoms with Crippen molar-refractivity contribution >= 4 is 27.2 Å². The molecule has 6 heteroatoms. The monoisotopic (exact) mass is 473 g/mol. The molecule has 1 saturated heterocycles. The van der Waals surface area contributed by atoms with Crippen molar-refractivity contribution in [3.63, 3.8) is 0 Å². The van der Waals surface area contributed by atoms with Crippen LogP contribution in [-0.2, 0) is 0 Å². The summed E-state index contributed by atoms with van der Waals surface area (Å²) in [7, 11) is 0. The second-order valence-corrected chi connectivity index (χ2v) is 10.0. The van der Waals surface area contributed by atoms with Crippen molar-refractivity contribution in [2.75, 3.05) is 6.54 Å². The molecule has 174 valence electrons. The van der Waals surface area contributed by atoms with Gasteiger partial charge < -0.3 is 14.9 Å². The molecule has 34 heavy (non-hydrogen) atoms. The molecular weight excluding hydrogens is 446 g/mol. The van der Waals surface area contributed by atoms with Crippen LogP contribution >= 0.6 is 11.3 Å². The molecular formula is C28H27NO4S. The fourth-order valence-electron chi connectivity index (χ4n) is 4.50. The Morgan fingerprint density at radius 3 is 2.44 bits per heavy atom. The summed E-state index contributed by atoms with van der Waals surface area (Å²) >= 11 is 1.45. The van der Waals surface area contributed by atoms with Crippen molar-refractivity contribution in [3.8, 4) is 27.7 Å². The van der Waals surface area contributed by atoms with Gasteiger partial charge in [0, 0.05) is 32.5 Å². The van der Waals surface area contributed by atoms with Gasteiger partial charge in [-0.05, 0) is 98.6 Å². The van der Waals surface area contributed by atoms with E-state index in [1.54, 1.807) is 42.5 Å². The Morgan fingerprint density at radius 2 is 1.68 bits per heavy atom. The number of aromatic hydroxyl groups is 2. The van der Waals surface area contributed by atoms with Crippen LogP contribution in [0.2, 0.25) is 0 Å². The molecule has 3 aromatic carbocycles. The molecule has 0 radical (unpaired) electrons. The standard InChI is InChI=1S/C28H27NO4S/c1-28(15-3-2-4-16-29-28)33-22-12-7-18(8-13-22)26(32)25-23-14-11-21(31)17-24(23)34-27(25)19-5-9-20(30)10-6-19/h5-14,17,29-31H,2-4,15-16H2,1H3. The average molecular weight is 474 g/mol. The summed E-state index contributed by atoms with van der Waals surface area (Å²) in [6, 6.07) is 19.2. The molecule has 1 aromatic heterocycles. The highest BCUT2D eigenvalue weighted by atomic mass is 32.1. The number of ketones is 1. The third-order valence-corrected chi connectivity index (χ3v) is 7.52. The van der Waals surface area contributed by atoms with Crippen molar-refractivity contribution in [3.05, 3.63) is 77.9 Å². The first-order valence-corrected chi connectivity index (χ1v) is 12.4. The number of nitrogens with one attached hydrogen (secondary N) is 1. The van der Waals surface area contributed by atoms with Crippen molar-refractivity contribution < 1.29 is 19.7 Å². The average Bonchev–Trinajstić information content (AvgIpc) is 3.06. The molecule has 1 aliphatic rings. The number of carbonyl (C=O) groups excluding carboxylic acids is 1. The molecule has 0 aliphatic carbocycles. The van der Waals surface area contributed by atoms with Crippen LogP contribution in [-0.4, -0.2) is 28.3 Å². The number of hydrogen-bond acceptors (Lipinski definition) is 6. The van der Waals surface area contributed by atoms with Gasteiger partial charge in [-0.2, -0.15) is 0 Å². The van der Waals surface area contributed by atoms with Crippen LogP contribution in [0.4, 0.5) is 0 Å². The third kappa shape index (κ3) is 4.52.